The number of nitrogens with one attached hydrogen (secondary N) is 2. The molecule has 0 fully saturated rings. The zero-order chi connectivity index (χ0) is 20.4. The van der Waals surface area contributed by atoms with Crippen LogP contribution >= 0.6 is 34.9 Å². The predicted octanol–water partition coefficient (Wildman–Crippen LogP) is 4.66. The molecule has 150 valence electrons. The Kier molecular flexibility index (Phi) is 9.32. The maximum Gasteiger partial charge on any atom is 0.341 e. The van der Waals surface area contributed by atoms with Crippen molar-refractivity contribution in [3.8, 4) is 11.8 Å². The minimum Gasteiger partial charge on any atom is -0.301 e. The molecule has 0 aliphatic rings. The minimum absolute atomic E-state index is 0.0754. The van der Waals surface area contributed by atoms with E-state index in [9.17, 15) is 14.7 Å². The van der Waals surface area contributed by atoms with E-state index in [0.717, 1.165) is 28.9 Å². The smallest absolute Gasteiger partial charge is 0.301 e. The first kappa shape index (κ1) is 22.8. The summed E-state index contributed by atoms with van der Waals surface area (Å²) in [6.07, 6.45) is 0.851. The fraction of sp³-hybridized carbons (Fsp3) is 0.333. The van der Waals surface area contributed by atoms with Crippen LogP contribution in [0.5, 0.6) is 0 Å². The molecule has 1 atom stereocenters. The van der Waals surface area contributed by atoms with E-state index < -0.39 is 12.6 Å². The molecule has 0 amide bonds. The molecule has 2 N–H and O–H groups in total. The van der Waals surface area contributed by atoms with Gasteiger partial charge in [0.25, 0.3) is 0 Å². The summed E-state index contributed by atoms with van der Waals surface area (Å²) >= 11 is 4.35. The van der Waals surface area contributed by atoms with Crippen LogP contribution in [0.3, 0.4) is 0 Å². The lowest BCUT2D eigenvalue weighted by atomic mass is 10.1. The Morgan fingerprint density at radius 2 is 1.89 bits per heavy atom. The number of nitro groups is 1. The van der Waals surface area contributed by atoms with Crippen molar-refractivity contribution in [2.75, 3.05) is 18.4 Å². The number of nitrogens with zero attached hydrogens (tertiary/aromatic N) is 1. The highest BCUT2D eigenvalue weighted by Gasteiger charge is 2.21. The maximum absolute atomic E-state index is 12.7. The summed E-state index contributed by atoms with van der Waals surface area (Å²) in [5.41, 5.74) is 1.65. The van der Waals surface area contributed by atoms with Gasteiger partial charge in [-0.05, 0) is 30.2 Å². The lowest BCUT2D eigenvalue weighted by molar-refractivity contribution is -0.380. The van der Waals surface area contributed by atoms with Gasteiger partial charge in [0.2, 0.25) is 0 Å². The normalized spacial score (nSPS) is 12.8. The number of hydrogen-bond acceptors (Lipinski definition) is 5. The second-order valence-electron chi connectivity index (χ2n) is 5.67. The first-order valence-electron chi connectivity index (χ1n) is 8.62. The Labute approximate surface area is 176 Å². The SMILES string of the molecule is CCCNP(=O)(NCCBr)OCc1ccc(C#Cc2ccc([N+](=O)[O-])s2)cc1. The van der Waals surface area contributed by atoms with Crippen molar-refractivity contribution in [2.45, 2.75) is 20.0 Å². The van der Waals surface area contributed by atoms with Crippen LogP contribution in [0.25, 0.3) is 0 Å². The Hall–Kier alpha value is -1.53. The highest BCUT2D eigenvalue weighted by Crippen LogP contribution is 2.38. The van der Waals surface area contributed by atoms with E-state index in [1.807, 2.05) is 31.2 Å². The number of halogens is 1. The summed E-state index contributed by atoms with van der Waals surface area (Å²) in [6.45, 7) is 3.33. The lowest BCUT2D eigenvalue weighted by Crippen LogP contribution is -2.26. The van der Waals surface area contributed by atoms with E-state index in [1.54, 1.807) is 6.07 Å². The lowest BCUT2D eigenvalue weighted by Gasteiger charge is -2.20. The minimum atomic E-state index is -3.10. The molecule has 0 radical (unpaired) electrons. The largest absolute Gasteiger partial charge is 0.341 e. The van der Waals surface area contributed by atoms with Gasteiger partial charge in [-0.1, -0.05) is 58.2 Å². The second-order valence-corrected chi connectivity index (χ2v) is 9.52. The van der Waals surface area contributed by atoms with Crippen molar-refractivity contribution in [1.29, 1.82) is 0 Å². The van der Waals surface area contributed by atoms with Gasteiger partial charge in [0, 0.05) is 30.0 Å². The molecule has 28 heavy (non-hydrogen) atoms. The van der Waals surface area contributed by atoms with Gasteiger partial charge >= 0.3 is 12.7 Å². The van der Waals surface area contributed by atoms with Crippen LogP contribution < -0.4 is 10.2 Å². The Morgan fingerprint density at radius 3 is 2.50 bits per heavy atom. The highest BCUT2D eigenvalue weighted by molar-refractivity contribution is 9.09. The molecule has 0 aliphatic heterocycles. The summed E-state index contributed by atoms with van der Waals surface area (Å²) in [5.74, 6) is 5.90. The Balaban J connectivity index is 1.97. The van der Waals surface area contributed by atoms with Crippen LogP contribution in [0.1, 0.15) is 29.3 Å². The molecular formula is C18H21BrN3O4PS. The van der Waals surface area contributed by atoms with Crippen molar-refractivity contribution in [1.82, 2.24) is 10.2 Å². The molecule has 0 spiro atoms. The van der Waals surface area contributed by atoms with Gasteiger partial charge in [0.15, 0.2) is 0 Å². The van der Waals surface area contributed by atoms with Gasteiger partial charge in [0.1, 0.15) is 0 Å². The maximum atomic E-state index is 12.7. The second kappa shape index (κ2) is 11.5. The van der Waals surface area contributed by atoms with Crippen molar-refractivity contribution in [3.63, 3.8) is 0 Å². The van der Waals surface area contributed by atoms with Crippen LogP contribution in [0.2, 0.25) is 0 Å². The first-order chi connectivity index (χ1) is 13.5. The molecule has 7 nitrogen and oxygen atoms in total. The molecule has 1 aromatic carbocycles. The number of hydrogen-bond donors (Lipinski definition) is 2. The van der Waals surface area contributed by atoms with Crippen LogP contribution in [-0.2, 0) is 15.7 Å². The van der Waals surface area contributed by atoms with Crippen LogP contribution in [0, 0.1) is 22.0 Å². The zero-order valence-corrected chi connectivity index (χ0v) is 18.6. The first-order valence-corrected chi connectivity index (χ1v) is 12.2. The monoisotopic (exact) mass is 485 g/mol. The third-order valence-corrected chi connectivity index (χ3v) is 6.57. The molecule has 0 aliphatic carbocycles. The van der Waals surface area contributed by atoms with Crippen LogP contribution in [-0.4, -0.2) is 23.3 Å². The summed E-state index contributed by atoms with van der Waals surface area (Å²) in [7, 11) is -3.10. The highest BCUT2D eigenvalue weighted by atomic mass is 79.9. The van der Waals surface area contributed by atoms with Crippen LogP contribution in [0.15, 0.2) is 36.4 Å². The third-order valence-electron chi connectivity index (χ3n) is 3.45. The average Bonchev–Trinajstić information content (AvgIpc) is 3.18. The van der Waals surface area contributed by atoms with E-state index in [2.05, 4.69) is 37.9 Å². The predicted molar refractivity (Wildman–Crippen MR) is 116 cm³/mol. The number of rotatable bonds is 10. The number of thiophene rings is 1. The van der Waals surface area contributed by atoms with Crippen molar-refractivity contribution >= 4 is 39.9 Å². The van der Waals surface area contributed by atoms with E-state index >= 15 is 0 Å². The van der Waals surface area contributed by atoms with Crippen molar-refractivity contribution in [2.24, 2.45) is 0 Å². The summed E-state index contributed by atoms with van der Waals surface area (Å²) < 4.78 is 18.4. The third kappa shape index (κ3) is 7.47. The molecule has 2 aromatic rings. The molecule has 1 unspecified atom stereocenters. The summed E-state index contributed by atoms with van der Waals surface area (Å²) in [6, 6.07) is 10.5. The number of benzene rings is 1. The van der Waals surface area contributed by atoms with Crippen molar-refractivity contribution < 1.29 is 14.0 Å². The van der Waals surface area contributed by atoms with E-state index in [0.29, 0.717) is 23.3 Å². The fourth-order valence-corrected chi connectivity index (χ4v) is 4.80. The van der Waals surface area contributed by atoms with Gasteiger partial charge in [-0.2, -0.15) is 0 Å². The fourth-order valence-electron chi connectivity index (χ4n) is 2.07. The quantitative estimate of drug-likeness (QED) is 0.167. The average molecular weight is 486 g/mol. The molecule has 1 heterocycles. The molecule has 0 saturated heterocycles. The molecular weight excluding hydrogens is 465 g/mol. The topological polar surface area (TPSA) is 93.5 Å². The van der Waals surface area contributed by atoms with Crippen LogP contribution in [0.4, 0.5) is 5.00 Å². The van der Waals surface area contributed by atoms with Gasteiger partial charge in [-0.15, -0.1) is 0 Å². The van der Waals surface area contributed by atoms with Crippen molar-refractivity contribution in [3.05, 3.63) is 62.5 Å². The van der Waals surface area contributed by atoms with Gasteiger partial charge in [0.05, 0.1) is 16.4 Å². The Morgan fingerprint density at radius 1 is 1.18 bits per heavy atom. The molecule has 10 heteroatoms. The Bertz CT molecular complexity index is 880. The molecule has 1 aromatic heterocycles. The molecule has 0 bridgehead atoms. The van der Waals surface area contributed by atoms with Gasteiger partial charge in [-0.3, -0.25) is 14.7 Å². The molecule has 2 rings (SSSR count). The molecule has 0 saturated carbocycles. The number of alkyl halides is 1. The van der Waals surface area contributed by atoms with E-state index in [4.69, 9.17) is 4.52 Å². The van der Waals surface area contributed by atoms with Gasteiger partial charge < -0.3 is 4.52 Å². The summed E-state index contributed by atoms with van der Waals surface area (Å²) in [5, 5.41) is 17.3. The van der Waals surface area contributed by atoms with E-state index in [-0.39, 0.29) is 11.6 Å². The van der Waals surface area contributed by atoms with Gasteiger partial charge in [-0.25, -0.2) is 10.2 Å². The summed E-state index contributed by atoms with van der Waals surface area (Å²) in [4.78, 5) is 10.9. The standard InChI is InChI=1S/C18H21BrN3O4PS/c1-2-12-20-27(25,21-13-11-19)26-14-16-5-3-15(4-6-16)7-8-17-9-10-18(28-17)22(23)24/h3-6,9-10H,2,11-14H2,1H3,(H2,20,21,25). The van der Waals surface area contributed by atoms with E-state index in [1.165, 1.54) is 6.07 Å². The zero-order valence-electron chi connectivity index (χ0n) is 15.3.